The number of aromatic nitrogens is 2. The monoisotopic (exact) mass is 335 g/mol. The summed E-state index contributed by atoms with van der Waals surface area (Å²) in [6, 6.07) is 8.02. The van der Waals surface area contributed by atoms with E-state index in [0.29, 0.717) is 6.54 Å². The summed E-state index contributed by atoms with van der Waals surface area (Å²) in [7, 11) is 0. The number of carbonyl (C=O) groups is 1. The highest BCUT2D eigenvalue weighted by molar-refractivity contribution is 9.10. The highest BCUT2D eigenvalue weighted by atomic mass is 79.9. The molecule has 4 nitrogen and oxygen atoms in total. The molecule has 0 aliphatic carbocycles. The Morgan fingerprint density at radius 1 is 1.45 bits per heavy atom. The highest BCUT2D eigenvalue weighted by Gasteiger charge is 2.18. The van der Waals surface area contributed by atoms with Crippen LogP contribution in [-0.2, 0) is 17.8 Å². The Hall–Kier alpha value is -1.62. The van der Waals surface area contributed by atoms with Crippen LogP contribution in [0.5, 0.6) is 0 Å². The van der Waals surface area contributed by atoms with Gasteiger partial charge in [0.15, 0.2) is 0 Å². The second-order valence-corrected chi connectivity index (χ2v) is 5.51. The van der Waals surface area contributed by atoms with Gasteiger partial charge >= 0.3 is 0 Å². The quantitative estimate of drug-likeness (QED) is 0.852. The minimum atomic E-state index is -0.0244. The number of imidazole rings is 1. The molecular formula is C15H18BrN3O. The van der Waals surface area contributed by atoms with E-state index in [4.69, 9.17) is 0 Å². The summed E-state index contributed by atoms with van der Waals surface area (Å²) in [6.45, 7) is 2.48. The van der Waals surface area contributed by atoms with Crippen LogP contribution in [0.4, 0.5) is 0 Å². The lowest BCUT2D eigenvalue weighted by molar-refractivity contribution is -0.125. The Bertz CT molecular complexity index is 554. The molecule has 2 N–H and O–H groups in total. The van der Waals surface area contributed by atoms with Gasteiger partial charge in [-0.3, -0.25) is 4.79 Å². The number of carbonyl (C=O) groups excluding carboxylic acids is 1. The minimum absolute atomic E-state index is 0.0244. The predicted molar refractivity (Wildman–Crippen MR) is 82.1 cm³/mol. The molecular weight excluding hydrogens is 318 g/mol. The fourth-order valence-electron chi connectivity index (χ4n) is 2.06. The second-order valence-electron chi connectivity index (χ2n) is 4.65. The molecule has 106 valence electrons. The number of halogens is 1. The topological polar surface area (TPSA) is 57.8 Å². The summed E-state index contributed by atoms with van der Waals surface area (Å²) in [6.07, 6.45) is 4.98. The maximum absolute atomic E-state index is 12.2. The Balaban J connectivity index is 1.94. The van der Waals surface area contributed by atoms with Gasteiger partial charge in [-0.2, -0.15) is 0 Å². The van der Waals surface area contributed by atoms with E-state index < -0.39 is 0 Å². The van der Waals surface area contributed by atoms with Gasteiger partial charge in [0.2, 0.25) is 5.91 Å². The first-order valence-corrected chi connectivity index (χ1v) is 7.49. The Morgan fingerprint density at radius 3 is 2.90 bits per heavy atom. The fraction of sp³-hybridized carbons (Fsp3) is 0.333. The largest absolute Gasteiger partial charge is 0.349 e. The summed E-state index contributed by atoms with van der Waals surface area (Å²) in [5.41, 5.74) is 1.16. The maximum atomic E-state index is 12.2. The third-order valence-corrected chi connectivity index (χ3v) is 4.05. The summed E-state index contributed by atoms with van der Waals surface area (Å²) in [5, 5.41) is 2.93. The van der Waals surface area contributed by atoms with Crippen molar-refractivity contribution in [1.29, 1.82) is 0 Å². The summed E-state index contributed by atoms with van der Waals surface area (Å²) in [5.74, 6) is 0.817. The van der Waals surface area contributed by atoms with Crippen LogP contribution >= 0.6 is 15.9 Å². The van der Waals surface area contributed by atoms with E-state index in [1.54, 1.807) is 12.4 Å². The van der Waals surface area contributed by atoms with Gasteiger partial charge in [-0.15, -0.1) is 0 Å². The van der Waals surface area contributed by atoms with Gasteiger partial charge in [0, 0.05) is 22.8 Å². The van der Waals surface area contributed by atoms with Crippen molar-refractivity contribution in [2.24, 2.45) is 5.92 Å². The summed E-state index contributed by atoms with van der Waals surface area (Å²) >= 11 is 3.53. The Morgan fingerprint density at radius 2 is 2.25 bits per heavy atom. The number of rotatable bonds is 6. The van der Waals surface area contributed by atoms with Gasteiger partial charge in [0.1, 0.15) is 5.82 Å². The van der Waals surface area contributed by atoms with Crippen molar-refractivity contribution in [2.75, 3.05) is 0 Å². The first-order valence-electron chi connectivity index (χ1n) is 6.70. The van der Waals surface area contributed by atoms with Crippen molar-refractivity contribution >= 4 is 21.8 Å². The standard InChI is InChI=1S/C15H18BrN3O/c1-2-11(9-12-5-3-4-6-13(12)16)15(20)19-10-14-17-7-8-18-14/h3-8,11H,2,9-10H2,1H3,(H,17,18)(H,19,20)/t11-/m1/s1. The van der Waals surface area contributed by atoms with E-state index in [1.165, 1.54) is 0 Å². The van der Waals surface area contributed by atoms with Crippen LogP contribution in [0, 0.1) is 5.92 Å². The van der Waals surface area contributed by atoms with Crippen molar-refractivity contribution in [2.45, 2.75) is 26.3 Å². The second kappa shape index (κ2) is 7.24. The molecule has 0 saturated heterocycles. The molecule has 0 radical (unpaired) electrons. The van der Waals surface area contributed by atoms with E-state index in [2.05, 4.69) is 31.2 Å². The predicted octanol–water partition coefficient (Wildman–Crippen LogP) is 3.06. The lowest BCUT2D eigenvalue weighted by Gasteiger charge is -2.15. The van der Waals surface area contributed by atoms with Crippen LogP contribution in [0.2, 0.25) is 0 Å². The molecule has 0 fully saturated rings. The molecule has 1 amide bonds. The zero-order chi connectivity index (χ0) is 14.4. The van der Waals surface area contributed by atoms with Gasteiger partial charge in [0.25, 0.3) is 0 Å². The van der Waals surface area contributed by atoms with Crippen LogP contribution < -0.4 is 5.32 Å². The Kier molecular flexibility index (Phi) is 5.35. The van der Waals surface area contributed by atoms with Gasteiger partial charge in [0.05, 0.1) is 6.54 Å². The minimum Gasteiger partial charge on any atom is -0.349 e. The van der Waals surface area contributed by atoms with E-state index in [-0.39, 0.29) is 11.8 Å². The highest BCUT2D eigenvalue weighted by Crippen LogP contribution is 2.21. The van der Waals surface area contributed by atoms with E-state index in [0.717, 1.165) is 28.7 Å². The number of nitrogens with one attached hydrogen (secondary N) is 2. The van der Waals surface area contributed by atoms with Crippen LogP contribution in [0.3, 0.4) is 0 Å². The molecule has 0 aliphatic rings. The molecule has 1 heterocycles. The number of nitrogens with zero attached hydrogens (tertiary/aromatic N) is 1. The Labute approximate surface area is 127 Å². The molecule has 0 unspecified atom stereocenters. The molecule has 2 aromatic rings. The molecule has 0 aliphatic heterocycles. The summed E-state index contributed by atoms with van der Waals surface area (Å²) < 4.78 is 1.05. The molecule has 1 atom stereocenters. The molecule has 0 bridgehead atoms. The van der Waals surface area contributed by atoms with E-state index >= 15 is 0 Å². The molecule has 2 rings (SSSR count). The lowest BCUT2D eigenvalue weighted by atomic mass is 9.96. The lowest BCUT2D eigenvalue weighted by Crippen LogP contribution is -2.31. The normalized spacial score (nSPS) is 12.1. The van der Waals surface area contributed by atoms with Crippen molar-refractivity contribution in [3.8, 4) is 0 Å². The zero-order valence-electron chi connectivity index (χ0n) is 11.4. The fourth-order valence-corrected chi connectivity index (χ4v) is 2.51. The smallest absolute Gasteiger partial charge is 0.223 e. The van der Waals surface area contributed by atoms with Crippen molar-refractivity contribution in [3.63, 3.8) is 0 Å². The van der Waals surface area contributed by atoms with Gasteiger partial charge in [-0.05, 0) is 24.5 Å². The number of amides is 1. The maximum Gasteiger partial charge on any atom is 0.223 e. The van der Waals surface area contributed by atoms with Crippen molar-refractivity contribution in [3.05, 3.63) is 52.5 Å². The first-order chi connectivity index (χ1) is 9.70. The average Bonchev–Trinajstić information content (AvgIpc) is 2.97. The number of H-pyrrole nitrogens is 1. The van der Waals surface area contributed by atoms with Crippen LogP contribution in [0.25, 0.3) is 0 Å². The zero-order valence-corrected chi connectivity index (χ0v) is 13.0. The number of hydrogen-bond donors (Lipinski definition) is 2. The van der Waals surface area contributed by atoms with Gasteiger partial charge in [-0.25, -0.2) is 4.98 Å². The van der Waals surface area contributed by atoms with Gasteiger partial charge in [-0.1, -0.05) is 41.1 Å². The first kappa shape index (κ1) is 14.8. The molecule has 1 aromatic heterocycles. The third-order valence-electron chi connectivity index (χ3n) is 3.27. The van der Waals surface area contributed by atoms with E-state index in [1.807, 2.05) is 31.2 Å². The molecule has 20 heavy (non-hydrogen) atoms. The average molecular weight is 336 g/mol. The van der Waals surface area contributed by atoms with Crippen LogP contribution in [0.15, 0.2) is 41.1 Å². The number of hydrogen-bond acceptors (Lipinski definition) is 2. The van der Waals surface area contributed by atoms with E-state index in [9.17, 15) is 4.79 Å². The molecule has 5 heteroatoms. The van der Waals surface area contributed by atoms with Gasteiger partial charge < -0.3 is 10.3 Å². The molecule has 0 saturated carbocycles. The van der Waals surface area contributed by atoms with Crippen LogP contribution in [-0.4, -0.2) is 15.9 Å². The number of aromatic amines is 1. The number of benzene rings is 1. The van der Waals surface area contributed by atoms with Crippen LogP contribution in [0.1, 0.15) is 24.7 Å². The SMILES string of the molecule is CC[C@H](Cc1ccccc1Br)C(=O)NCc1ncc[nH]1. The third kappa shape index (κ3) is 3.93. The molecule has 1 aromatic carbocycles. The molecule has 0 spiro atoms. The summed E-state index contributed by atoms with van der Waals surface area (Å²) in [4.78, 5) is 19.3. The van der Waals surface area contributed by atoms with Crippen molar-refractivity contribution < 1.29 is 4.79 Å². The van der Waals surface area contributed by atoms with Crippen molar-refractivity contribution in [1.82, 2.24) is 15.3 Å².